The number of hydrogen-bond acceptors (Lipinski definition) is 3. The van der Waals surface area contributed by atoms with Crippen LogP contribution in [0.5, 0.6) is 0 Å². The van der Waals surface area contributed by atoms with Crippen LogP contribution in [0.1, 0.15) is 11.4 Å². The van der Waals surface area contributed by atoms with Gasteiger partial charge in [-0.2, -0.15) is 0 Å². The molecule has 0 radical (unpaired) electrons. The first-order valence-electron chi connectivity index (χ1n) is 4.78. The smallest absolute Gasteiger partial charge is 0.158 e. The topological polar surface area (TPSA) is 50.9 Å². The fourth-order valence-electron chi connectivity index (χ4n) is 1.61. The minimum absolute atomic E-state index is 0.00215. The Morgan fingerprint density at radius 3 is 2.73 bits per heavy atom. The summed E-state index contributed by atoms with van der Waals surface area (Å²) >= 11 is 0. The second-order valence-electron chi connectivity index (χ2n) is 3.40. The Kier molecular flexibility index (Phi) is 2.51. The molecular formula is C11H13N3O. The predicted molar refractivity (Wildman–Crippen MR) is 57.1 cm³/mol. The molecule has 78 valence electrons. The van der Waals surface area contributed by atoms with Crippen LogP contribution in [0.25, 0.3) is 11.5 Å². The van der Waals surface area contributed by atoms with Gasteiger partial charge in [0.1, 0.15) is 5.69 Å². The van der Waals surface area contributed by atoms with Crippen LogP contribution in [0, 0.1) is 6.92 Å². The summed E-state index contributed by atoms with van der Waals surface area (Å²) in [4.78, 5) is 8.63. The standard InChI is InChI=1S/C11H13N3O/c1-8-10(7-15)14(2)11(13-8)9-5-3-4-6-12-9/h3-6,15H,7H2,1-2H3. The van der Waals surface area contributed by atoms with Crippen molar-refractivity contribution in [1.29, 1.82) is 0 Å². The molecule has 0 amide bonds. The van der Waals surface area contributed by atoms with Gasteiger partial charge < -0.3 is 9.67 Å². The lowest BCUT2D eigenvalue weighted by Gasteiger charge is -2.02. The SMILES string of the molecule is Cc1nc(-c2ccccn2)n(C)c1CO. The van der Waals surface area contributed by atoms with Crippen molar-refractivity contribution in [3.05, 3.63) is 35.8 Å². The molecule has 1 N–H and O–H groups in total. The van der Waals surface area contributed by atoms with E-state index in [2.05, 4.69) is 9.97 Å². The largest absolute Gasteiger partial charge is 0.390 e. The summed E-state index contributed by atoms with van der Waals surface area (Å²) in [5.41, 5.74) is 2.50. The first-order valence-corrected chi connectivity index (χ1v) is 4.78. The Labute approximate surface area is 88.2 Å². The van der Waals surface area contributed by atoms with Gasteiger partial charge in [0, 0.05) is 13.2 Å². The molecule has 0 aliphatic carbocycles. The molecule has 0 saturated heterocycles. The molecule has 0 aliphatic rings. The minimum atomic E-state index is 0.00215. The van der Waals surface area contributed by atoms with Crippen LogP contribution in [0.15, 0.2) is 24.4 Å². The predicted octanol–water partition coefficient (Wildman–Crippen LogP) is 1.28. The van der Waals surface area contributed by atoms with Crippen LogP contribution in [-0.2, 0) is 13.7 Å². The van der Waals surface area contributed by atoms with E-state index in [0.29, 0.717) is 0 Å². The number of aliphatic hydroxyl groups excluding tert-OH is 1. The van der Waals surface area contributed by atoms with Crippen LogP contribution in [0.2, 0.25) is 0 Å². The van der Waals surface area contributed by atoms with Gasteiger partial charge in [0.25, 0.3) is 0 Å². The van der Waals surface area contributed by atoms with Gasteiger partial charge in [0.05, 0.1) is 18.0 Å². The van der Waals surface area contributed by atoms with Crippen molar-refractivity contribution in [2.45, 2.75) is 13.5 Å². The van der Waals surface area contributed by atoms with Crippen LogP contribution < -0.4 is 0 Å². The average molecular weight is 203 g/mol. The van der Waals surface area contributed by atoms with Crippen molar-refractivity contribution in [2.24, 2.45) is 7.05 Å². The third-order valence-electron chi connectivity index (χ3n) is 2.46. The Balaban J connectivity index is 2.55. The molecule has 0 aromatic carbocycles. The third-order valence-corrected chi connectivity index (χ3v) is 2.46. The monoisotopic (exact) mass is 203 g/mol. The highest BCUT2D eigenvalue weighted by atomic mass is 16.3. The lowest BCUT2D eigenvalue weighted by atomic mass is 10.3. The van der Waals surface area contributed by atoms with Gasteiger partial charge in [-0.1, -0.05) is 6.07 Å². The van der Waals surface area contributed by atoms with E-state index in [4.69, 9.17) is 0 Å². The number of aryl methyl sites for hydroxylation is 1. The zero-order chi connectivity index (χ0) is 10.8. The molecule has 0 bridgehead atoms. The summed E-state index contributed by atoms with van der Waals surface area (Å²) in [7, 11) is 1.88. The van der Waals surface area contributed by atoms with Crippen molar-refractivity contribution in [1.82, 2.24) is 14.5 Å². The summed E-state index contributed by atoms with van der Waals surface area (Å²) in [6.07, 6.45) is 1.73. The van der Waals surface area contributed by atoms with E-state index in [1.807, 2.05) is 36.7 Å². The molecule has 0 aliphatic heterocycles. The van der Waals surface area contributed by atoms with Gasteiger partial charge in [-0.15, -0.1) is 0 Å². The van der Waals surface area contributed by atoms with E-state index in [1.54, 1.807) is 6.20 Å². The Morgan fingerprint density at radius 2 is 2.20 bits per heavy atom. The maximum atomic E-state index is 9.18. The average Bonchev–Trinajstić information content (AvgIpc) is 2.55. The number of hydrogen-bond donors (Lipinski definition) is 1. The molecule has 4 heteroatoms. The zero-order valence-corrected chi connectivity index (χ0v) is 8.81. The number of pyridine rings is 1. The molecular weight excluding hydrogens is 190 g/mol. The first-order chi connectivity index (χ1) is 7.24. The van der Waals surface area contributed by atoms with Gasteiger partial charge >= 0.3 is 0 Å². The molecule has 0 fully saturated rings. The Bertz CT molecular complexity index is 462. The normalized spacial score (nSPS) is 10.6. The summed E-state index contributed by atoms with van der Waals surface area (Å²) < 4.78 is 1.87. The lowest BCUT2D eigenvalue weighted by Crippen LogP contribution is -1.99. The quantitative estimate of drug-likeness (QED) is 0.800. The molecule has 0 atom stereocenters. The van der Waals surface area contributed by atoms with E-state index < -0.39 is 0 Å². The highest BCUT2D eigenvalue weighted by Crippen LogP contribution is 2.18. The van der Waals surface area contributed by atoms with E-state index in [1.165, 1.54) is 0 Å². The van der Waals surface area contributed by atoms with Gasteiger partial charge in [-0.05, 0) is 19.1 Å². The molecule has 0 saturated carbocycles. The second kappa shape index (κ2) is 3.82. The van der Waals surface area contributed by atoms with E-state index in [9.17, 15) is 5.11 Å². The van der Waals surface area contributed by atoms with Crippen LogP contribution in [-0.4, -0.2) is 19.6 Å². The molecule has 2 aromatic rings. The van der Waals surface area contributed by atoms with Gasteiger partial charge in [0.15, 0.2) is 5.82 Å². The van der Waals surface area contributed by atoms with Crippen molar-refractivity contribution in [3.8, 4) is 11.5 Å². The van der Waals surface area contributed by atoms with Crippen LogP contribution in [0.4, 0.5) is 0 Å². The fourth-order valence-corrected chi connectivity index (χ4v) is 1.61. The molecule has 2 heterocycles. The first kappa shape index (κ1) is 9.86. The van der Waals surface area contributed by atoms with Gasteiger partial charge in [0.2, 0.25) is 0 Å². The summed E-state index contributed by atoms with van der Waals surface area (Å²) in [6, 6.07) is 5.69. The van der Waals surface area contributed by atoms with Crippen molar-refractivity contribution in [2.75, 3.05) is 0 Å². The number of rotatable bonds is 2. The Morgan fingerprint density at radius 1 is 1.40 bits per heavy atom. The summed E-state index contributed by atoms with van der Waals surface area (Å²) in [5, 5.41) is 9.18. The second-order valence-corrected chi connectivity index (χ2v) is 3.40. The molecule has 0 unspecified atom stereocenters. The molecule has 15 heavy (non-hydrogen) atoms. The number of aromatic nitrogens is 3. The highest BCUT2D eigenvalue weighted by Gasteiger charge is 2.12. The lowest BCUT2D eigenvalue weighted by molar-refractivity contribution is 0.272. The zero-order valence-electron chi connectivity index (χ0n) is 8.81. The van der Waals surface area contributed by atoms with Gasteiger partial charge in [-0.25, -0.2) is 4.98 Å². The molecule has 4 nitrogen and oxygen atoms in total. The van der Waals surface area contributed by atoms with Crippen molar-refractivity contribution in [3.63, 3.8) is 0 Å². The van der Waals surface area contributed by atoms with Crippen molar-refractivity contribution >= 4 is 0 Å². The maximum absolute atomic E-state index is 9.18. The van der Waals surface area contributed by atoms with Crippen LogP contribution >= 0.6 is 0 Å². The number of aliphatic hydroxyl groups is 1. The third kappa shape index (κ3) is 1.64. The summed E-state index contributed by atoms with van der Waals surface area (Å²) in [5.74, 6) is 0.789. The maximum Gasteiger partial charge on any atom is 0.158 e. The minimum Gasteiger partial charge on any atom is -0.390 e. The molecule has 0 spiro atoms. The van der Waals surface area contributed by atoms with Crippen LogP contribution in [0.3, 0.4) is 0 Å². The van der Waals surface area contributed by atoms with Crippen molar-refractivity contribution < 1.29 is 5.11 Å². The number of imidazole rings is 1. The van der Waals surface area contributed by atoms with E-state index in [0.717, 1.165) is 22.9 Å². The fraction of sp³-hybridized carbons (Fsp3) is 0.273. The highest BCUT2D eigenvalue weighted by molar-refractivity contribution is 5.51. The summed E-state index contributed by atoms with van der Waals surface area (Å²) in [6.45, 7) is 1.89. The van der Waals surface area contributed by atoms with E-state index in [-0.39, 0.29) is 6.61 Å². The molecule has 2 rings (SSSR count). The Hall–Kier alpha value is -1.68. The van der Waals surface area contributed by atoms with Gasteiger partial charge in [-0.3, -0.25) is 4.98 Å². The number of nitrogens with zero attached hydrogens (tertiary/aromatic N) is 3. The molecule has 2 aromatic heterocycles. The van der Waals surface area contributed by atoms with E-state index >= 15 is 0 Å².